The minimum absolute atomic E-state index is 0.153. The third kappa shape index (κ3) is 3.59. The fraction of sp³-hybridized carbons (Fsp3) is 0.500. The van der Waals surface area contributed by atoms with Gasteiger partial charge in [0.1, 0.15) is 0 Å². The average molecular weight is 267 g/mol. The predicted octanol–water partition coefficient (Wildman–Crippen LogP) is 3.19. The highest BCUT2D eigenvalue weighted by molar-refractivity contribution is 7.10. The predicted molar refractivity (Wildman–Crippen MR) is 73.5 cm³/mol. The van der Waals surface area contributed by atoms with Crippen molar-refractivity contribution in [3.8, 4) is 0 Å². The molecular formula is C12H17N3S2. The Bertz CT molecular complexity index is 454. The van der Waals surface area contributed by atoms with E-state index in [1.54, 1.807) is 22.7 Å². The monoisotopic (exact) mass is 267 g/mol. The van der Waals surface area contributed by atoms with Crippen LogP contribution in [0.5, 0.6) is 0 Å². The van der Waals surface area contributed by atoms with E-state index in [0.29, 0.717) is 0 Å². The van der Waals surface area contributed by atoms with Gasteiger partial charge in [-0.2, -0.15) is 0 Å². The zero-order chi connectivity index (χ0) is 12.3. The van der Waals surface area contributed by atoms with Crippen molar-refractivity contribution in [3.63, 3.8) is 0 Å². The van der Waals surface area contributed by atoms with Crippen molar-refractivity contribution in [2.24, 2.45) is 0 Å². The van der Waals surface area contributed by atoms with Crippen LogP contribution in [0, 0.1) is 0 Å². The average Bonchev–Trinajstić information content (AvgIpc) is 2.86. The van der Waals surface area contributed by atoms with Crippen LogP contribution in [0.15, 0.2) is 17.1 Å². The van der Waals surface area contributed by atoms with E-state index < -0.39 is 0 Å². The Morgan fingerprint density at radius 3 is 2.65 bits per heavy atom. The van der Waals surface area contributed by atoms with E-state index >= 15 is 0 Å². The largest absolute Gasteiger partial charge is 0.306 e. The van der Waals surface area contributed by atoms with Gasteiger partial charge in [0.05, 0.1) is 16.2 Å². The van der Waals surface area contributed by atoms with Crippen molar-refractivity contribution in [3.05, 3.63) is 32.7 Å². The SMILES string of the molecule is CC(C)(C)c1nc(CNCc2cncs2)cs1. The van der Waals surface area contributed by atoms with Crippen LogP contribution in [-0.4, -0.2) is 9.97 Å². The first kappa shape index (κ1) is 12.7. The van der Waals surface area contributed by atoms with Gasteiger partial charge in [0.25, 0.3) is 0 Å². The standard InChI is InChI=1S/C12H17N3S2/c1-12(2,3)11-15-9(7-16-11)4-13-5-10-6-14-8-17-10/h6-8,13H,4-5H2,1-3H3. The molecule has 2 heterocycles. The molecule has 2 aromatic rings. The van der Waals surface area contributed by atoms with Crippen LogP contribution < -0.4 is 5.32 Å². The Labute approximate surface area is 110 Å². The molecule has 0 aromatic carbocycles. The molecule has 0 unspecified atom stereocenters. The normalized spacial score (nSPS) is 11.9. The number of hydrogen-bond acceptors (Lipinski definition) is 5. The molecule has 0 aliphatic carbocycles. The van der Waals surface area contributed by atoms with Crippen LogP contribution in [-0.2, 0) is 18.5 Å². The molecular weight excluding hydrogens is 250 g/mol. The topological polar surface area (TPSA) is 37.8 Å². The molecule has 0 atom stereocenters. The van der Waals surface area contributed by atoms with E-state index in [4.69, 9.17) is 0 Å². The second kappa shape index (κ2) is 5.25. The van der Waals surface area contributed by atoms with E-state index in [1.807, 2.05) is 11.7 Å². The molecule has 0 saturated carbocycles. The molecule has 3 nitrogen and oxygen atoms in total. The molecule has 2 aromatic heterocycles. The molecule has 92 valence electrons. The van der Waals surface area contributed by atoms with Gasteiger partial charge in [0.15, 0.2) is 0 Å². The van der Waals surface area contributed by atoms with E-state index in [1.165, 1.54) is 9.88 Å². The molecule has 17 heavy (non-hydrogen) atoms. The van der Waals surface area contributed by atoms with Crippen LogP contribution >= 0.6 is 22.7 Å². The summed E-state index contributed by atoms with van der Waals surface area (Å²) in [7, 11) is 0. The highest BCUT2D eigenvalue weighted by Gasteiger charge is 2.17. The number of nitrogens with one attached hydrogen (secondary N) is 1. The second-order valence-electron chi connectivity index (χ2n) is 4.97. The number of aromatic nitrogens is 2. The molecule has 0 fully saturated rings. The molecule has 0 amide bonds. The maximum absolute atomic E-state index is 4.64. The van der Waals surface area contributed by atoms with Gasteiger partial charge in [-0.3, -0.25) is 4.98 Å². The van der Waals surface area contributed by atoms with Crippen molar-refractivity contribution in [2.75, 3.05) is 0 Å². The third-order valence-electron chi connectivity index (χ3n) is 2.28. The summed E-state index contributed by atoms with van der Waals surface area (Å²) in [5, 5.41) is 6.72. The first-order valence-corrected chi connectivity index (χ1v) is 7.34. The summed E-state index contributed by atoms with van der Waals surface area (Å²) in [4.78, 5) is 9.95. The Kier molecular flexibility index (Phi) is 3.91. The first-order chi connectivity index (χ1) is 8.05. The van der Waals surface area contributed by atoms with Crippen LogP contribution in [0.1, 0.15) is 36.3 Å². The summed E-state index contributed by atoms with van der Waals surface area (Å²) < 4.78 is 0. The Balaban J connectivity index is 1.85. The fourth-order valence-electron chi connectivity index (χ4n) is 1.38. The number of hydrogen-bond donors (Lipinski definition) is 1. The summed E-state index contributed by atoms with van der Waals surface area (Å²) in [6.45, 7) is 8.28. The Morgan fingerprint density at radius 1 is 1.24 bits per heavy atom. The van der Waals surface area contributed by atoms with E-state index in [2.05, 4.69) is 41.4 Å². The summed E-state index contributed by atoms with van der Waals surface area (Å²) in [5.41, 5.74) is 3.14. The molecule has 0 spiro atoms. The fourth-order valence-corrected chi connectivity index (χ4v) is 2.85. The van der Waals surface area contributed by atoms with Gasteiger partial charge >= 0.3 is 0 Å². The number of nitrogens with zero attached hydrogens (tertiary/aromatic N) is 2. The van der Waals surface area contributed by atoms with Gasteiger partial charge in [-0.15, -0.1) is 22.7 Å². The van der Waals surface area contributed by atoms with Gasteiger partial charge < -0.3 is 5.32 Å². The van der Waals surface area contributed by atoms with E-state index in [9.17, 15) is 0 Å². The molecule has 1 N–H and O–H groups in total. The van der Waals surface area contributed by atoms with Gasteiger partial charge in [0, 0.05) is 35.0 Å². The summed E-state index contributed by atoms with van der Waals surface area (Å²) in [6.07, 6.45) is 1.90. The zero-order valence-electron chi connectivity index (χ0n) is 10.4. The minimum atomic E-state index is 0.153. The molecule has 2 rings (SSSR count). The smallest absolute Gasteiger partial charge is 0.0982 e. The quantitative estimate of drug-likeness (QED) is 0.924. The van der Waals surface area contributed by atoms with Gasteiger partial charge in [-0.1, -0.05) is 20.8 Å². The maximum Gasteiger partial charge on any atom is 0.0982 e. The molecule has 5 heteroatoms. The van der Waals surface area contributed by atoms with Crippen molar-refractivity contribution < 1.29 is 0 Å². The van der Waals surface area contributed by atoms with E-state index in [0.717, 1.165) is 18.8 Å². The molecule has 0 bridgehead atoms. The highest BCUT2D eigenvalue weighted by Crippen LogP contribution is 2.25. The molecule has 0 radical (unpaired) electrons. The molecule has 0 aliphatic rings. The Morgan fingerprint density at radius 2 is 2.06 bits per heavy atom. The summed E-state index contributed by atoms with van der Waals surface area (Å²) >= 11 is 3.42. The molecule has 0 aliphatic heterocycles. The minimum Gasteiger partial charge on any atom is -0.306 e. The number of thiazole rings is 2. The van der Waals surface area contributed by atoms with Crippen molar-refractivity contribution in [1.29, 1.82) is 0 Å². The van der Waals surface area contributed by atoms with Crippen LogP contribution in [0.25, 0.3) is 0 Å². The lowest BCUT2D eigenvalue weighted by atomic mass is 9.98. The van der Waals surface area contributed by atoms with Crippen LogP contribution in [0.4, 0.5) is 0 Å². The third-order valence-corrected chi connectivity index (χ3v) is 4.38. The van der Waals surface area contributed by atoms with Crippen molar-refractivity contribution >= 4 is 22.7 Å². The van der Waals surface area contributed by atoms with Crippen molar-refractivity contribution in [1.82, 2.24) is 15.3 Å². The van der Waals surface area contributed by atoms with Crippen LogP contribution in [0.3, 0.4) is 0 Å². The van der Waals surface area contributed by atoms with Gasteiger partial charge in [0.2, 0.25) is 0 Å². The van der Waals surface area contributed by atoms with Crippen molar-refractivity contribution in [2.45, 2.75) is 39.3 Å². The first-order valence-electron chi connectivity index (χ1n) is 5.58. The van der Waals surface area contributed by atoms with Gasteiger partial charge in [-0.25, -0.2) is 4.98 Å². The van der Waals surface area contributed by atoms with Gasteiger partial charge in [-0.05, 0) is 0 Å². The Hall–Kier alpha value is -0.780. The van der Waals surface area contributed by atoms with Crippen LogP contribution in [0.2, 0.25) is 0 Å². The van der Waals surface area contributed by atoms with E-state index in [-0.39, 0.29) is 5.41 Å². The summed E-state index contributed by atoms with van der Waals surface area (Å²) in [5.74, 6) is 0. The lowest BCUT2D eigenvalue weighted by Gasteiger charge is -2.13. The number of rotatable bonds is 4. The zero-order valence-corrected chi connectivity index (χ0v) is 12.0. The second-order valence-corrected chi connectivity index (χ2v) is 6.79. The highest BCUT2D eigenvalue weighted by atomic mass is 32.1. The lowest BCUT2D eigenvalue weighted by Crippen LogP contribution is -2.14. The lowest BCUT2D eigenvalue weighted by molar-refractivity contribution is 0.579. The summed E-state index contributed by atoms with van der Waals surface area (Å²) in [6, 6.07) is 0. The maximum atomic E-state index is 4.64. The molecule has 0 saturated heterocycles.